The van der Waals surface area contributed by atoms with E-state index in [2.05, 4.69) is 32.9 Å². The van der Waals surface area contributed by atoms with Gasteiger partial charge in [0.15, 0.2) is 0 Å². The van der Waals surface area contributed by atoms with E-state index in [0.29, 0.717) is 5.82 Å². The monoisotopic (exact) mass is 382 g/mol. The van der Waals surface area contributed by atoms with Gasteiger partial charge in [0.2, 0.25) is 5.91 Å². The number of amides is 1. The molecular weight excluding hydrogens is 367 g/mol. The number of nitrogens with one attached hydrogen (secondary N) is 1. The van der Waals surface area contributed by atoms with E-state index < -0.39 is 15.8 Å². The van der Waals surface area contributed by atoms with E-state index in [1.165, 1.54) is 0 Å². The van der Waals surface area contributed by atoms with Crippen molar-refractivity contribution >= 4 is 44.2 Å². The van der Waals surface area contributed by atoms with E-state index in [4.69, 9.17) is 0 Å². The number of aryl methyl sites for hydroxylation is 1. The molecule has 1 N–H and O–H groups in total. The van der Waals surface area contributed by atoms with Crippen molar-refractivity contribution in [1.82, 2.24) is 4.98 Å². The lowest BCUT2D eigenvalue weighted by Crippen LogP contribution is -2.27. The SMILES string of the molecule is Cc1nc(NC(=O)[C@@H](C)CS(C)(=O)=O)ccc1I. The third-order valence-corrected chi connectivity index (χ3v) is 4.52. The van der Waals surface area contributed by atoms with Crippen LogP contribution in [0.15, 0.2) is 12.1 Å². The number of carbonyl (C=O) groups is 1. The lowest BCUT2D eigenvalue weighted by molar-refractivity contribution is -0.118. The highest BCUT2D eigenvalue weighted by atomic mass is 127. The molecule has 18 heavy (non-hydrogen) atoms. The third-order valence-electron chi connectivity index (χ3n) is 2.27. The highest BCUT2D eigenvalue weighted by Crippen LogP contribution is 2.13. The van der Waals surface area contributed by atoms with Gasteiger partial charge in [0.05, 0.1) is 11.4 Å². The fourth-order valence-corrected chi connectivity index (χ4v) is 2.75. The molecule has 1 amide bonds. The summed E-state index contributed by atoms with van der Waals surface area (Å²) in [5, 5.41) is 2.61. The quantitative estimate of drug-likeness (QED) is 0.803. The smallest absolute Gasteiger partial charge is 0.229 e. The fourth-order valence-electron chi connectivity index (χ4n) is 1.39. The molecule has 0 saturated carbocycles. The van der Waals surface area contributed by atoms with Crippen LogP contribution in [-0.4, -0.2) is 31.3 Å². The molecule has 1 aromatic heterocycles. The van der Waals surface area contributed by atoms with Crippen molar-refractivity contribution in [1.29, 1.82) is 0 Å². The second-order valence-electron chi connectivity index (χ2n) is 4.25. The lowest BCUT2D eigenvalue weighted by Gasteiger charge is -2.11. The van der Waals surface area contributed by atoms with E-state index in [1.54, 1.807) is 13.0 Å². The van der Waals surface area contributed by atoms with Crippen molar-refractivity contribution in [2.45, 2.75) is 13.8 Å². The van der Waals surface area contributed by atoms with Gasteiger partial charge in [-0.1, -0.05) is 6.92 Å². The number of anilines is 1. The lowest BCUT2D eigenvalue weighted by atomic mass is 10.2. The van der Waals surface area contributed by atoms with E-state index in [0.717, 1.165) is 15.5 Å². The molecule has 1 heterocycles. The number of nitrogens with zero attached hydrogens (tertiary/aromatic N) is 1. The molecular formula is C11H15IN2O3S. The first-order chi connectivity index (χ1) is 8.19. The molecule has 0 aliphatic rings. The second-order valence-corrected chi connectivity index (χ2v) is 7.59. The minimum atomic E-state index is -3.16. The highest BCUT2D eigenvalue weighted by molar-refractivity contribution is 14.1. The maximum Gasteiger partial charge on any atom is 0.229 e. The van der Waals surface area contributed by atoms with E-state index >= 15 is 0 Å². The molecule has 0 unspecified atom stereocenters. The fraction of sp³-hybridized carbons (Fsp3) is 0.455. The van der Waals surface area contributed by atoms with E-state index in [-0.39, 0.29) is 11.7 Å². The number of hydrogen-bond donors (Lipinski definition) is 1. The van der Waals surface area contributed by atoms with Crippen molar-refractivity contribution in [3.05, 3.63) is 21.4 Å². The van der Waals surface area contributed by atoms with Crippen LogP contribution in [0, 0.1) is 16.4 Å². The van der Waals surface area contributed by atoms with Crippen LogP contribution in [0.4, 0.5) is 5.82 Å². The van der Waals surface area contributed by atoms with Crippen molar-refractivity contribution < 1.29 is 13.2 Å². The second kappa shape index (κ2) is 5.96. The Morgan fingerprint density at radius 3 is 2.61 bits per heavy atom. The maximum absolute atomic E-state index is 11.8. The molecule has 0 aromatic carbocycles. The molecule has 0 aliphatic heterocycles. The highest BCUT2D eigenvalue weighted by Gasteiger charge is 2.18. The predicted octanol–water partition coefficient (Wildman–Crippen LogP) is 1.61. The molecule has 0 saturated heterocycles. The van der Waals surface area contributed by atoms with Crippen LogP contribution < -0.4 is 5.32 Å². The summed E-state index contributed by atoms with van der Waals surface area (Å²) in [6.45, 7) is 3.42. The van der Waals surface area contributed by atoms with Gasteiger partial charge in [-0.2, -0.15) is 0 Å². The summed E-state index contributed by atoms with van der Waals surface area (Å²) in [7, 11) is -3.16. The van der Waals surface area contributed by atoms with E-state index in [9.17, 15) is 13.2 Å². The van der Waals surface area contributed by atoms with Crippen LogP contribution in [0.2, 0.25) is 0 Å². The third kappa shape index (κ3) is 4.89. The van der Waals surface area contributed by atoms with Crippen LogP contribution in [-0.2, 0) is 14.6 Å². The van der Waals surface area contributed by atoms with Crippen molar-refractivity contribution in [3.63, 3.8) is 0 Å². The number of halogens is 1. The number of pyridine rings is 1. The van der Waals surface area contributed by atoms with Gasteiger partial charge in [-0.05, 0) is 41.6 Å². The Kier molecular flexibility index (Phi) is 5.09. The zero-order chi connectivity index (χ0) is 13.9. The Morgan fingerprint density at radius 1 is 1.50 bits per heavy atom. The van der Waals surface area contributed by atoms with Crippen LogP contribution in [0.5, 0.6) is 0 Å². The van der Waals surface area contributed by atoms with Crippen LogP contribution in [0.25, 0.3) is 0 Å². The van der Waals surface area contributed by atoms with Crippen molar-refractivity contribution in [3.8, 4) is 0 Å². The minimum Gasteiger partial charge on any atom is -0.310 e. The molecule has 0 fully saturated rings. The number of sulfone groups is 1. The van der Waals surface area contributed by atoms with Crippen LogP contribution in [0.3, 0.4) is 0 Å². The Bertz CT molecular complexity index is 557. The van der Waals surface area contributed by atoms with E-state index in [1.807, 2.05) is 13.0 Å². The van der Waals surface area contributed by atoms with Crippen molar-refractivity contribution in [2.75, 3.05) is 17.3 Å². The summed E-state index contributed by atoms with van der Waals surface area (Å²) in [6, 6.07) is 3.54. The first-order valence-electron chi connectivity index (χ1n) is 5.31. The first kappa shape index (κ1) is 15.4. The molecule has 0 bridgehead atoms. The predicted molar refractivity (Wildman–Crippen MR) is 79.2 cm³/mol. The van der Waals surface area contributed by atoms with Gasteiger partial charge in [0, 0.05) is 15.7 Å². The van der Waals surface area contributed by atoms with Gasteiger partial charge >= 0.3 is 0 Å². The minimum absolute atomic E-state index is 0.165. The van der Waals surface area contributed by atoms with Crippen LogP contribution in [0.1, 0.15) is 12.6 Å². The molecule has 1 atom stereocenters. The average molecular weight is 382 g/mol. The largest absolute Gasteiger partial charge is 0.310 e. The number of hydrogen-bond acceptors (Lipinski definition) is 4. The summed E-state index contributed by atoms with van der Waals surface area (Å²) in [4.78, 5) is 16.0. The standard InChI is InChI=1S/C11H15IN2O3S/c1-7(6-18(3,16)17)11(15)14-10-5-4-9(12)8(2)13-10/h4-5,7H,6H2,1-3H3,(H,13,14,15)/t7-/m0/s1. The average Bonchev–Trinajstić information content (AvgIpc) is 2.21. The maximum atomic E-state index is 11.8. The number of rotatable bonds is 4. The summed E-state index contributed by atoms with van der Waals surface area (Å²) in [5.41, 5.74) is 0.823. The normalized spacial score (nSPS) is 13.1. The molecule has 100 valence electrons. The number of carbonyl (C=O) groups excluding carboxylic acids is 1. The van der Waals surface area contributed by atoms with Gasteiger partial charge in [0.25, 0.3) is 0 Å². The van der Waals surface area contributed by atoms with Gasteiger partial charge < -0.3 is 5.32 Å². The Morgan fingerprint density at radius 2 is 2.11 bits per heavy atom. The molecule has 1 aromatic rings. The summed E-state index contributed by atoms with van der Waals surface area (Å²) >= 11 is 2.15. The molecule has 0 aliphatic carbocycles. The molecule has 7 heteroatoms. The first-order valence-corrected chi connectivity index (χ1v) is 8.44. The molecule has 0 spiro atoms. The van der Waals surface area contributed by atoms with Gasteiger partial charge in [-0.25, -0.2) is 13.4 Å². The van der Waals surface area contributed by atoms with Crippen LogP contribution >= 0.6 is 22.6 Å². The number of aromatic nitrogens is 1. The van der Waals surface area contributed by atoms with Gasteiger partial charge in [-0.15, -0.1) is 0 Å². The summed E-state index contributed by atoms with van der Waals surface area (Å²) in [5.74, 6) is -0.657. The van der Waals surface area contributed by atoms with Crippen molar-refractivity contribution in [2.24, 2.45) is 5.92 Å². The molecule has 1 rings (SSSR count). The molecule has 0 radical (unpaired) electrons. The van der Waals surface area contributed by atoms with Gasteiger partial charge in [-0.3, -0.25) is 4.79 Å². The Labute approximate surface area is 120 Å². The molecule has 5 nitrogen and oxygen atoms in total. The Balaban J connectivity index is 2.72. The van der Waals surface area contributed by atoms with Gasteiger partial charge in [0.1, 0.15) is 15.7 Å². The Hall–Kier alpha value is -0.700. The summed E-state index contributed by atoms with van der Waals surface area (Å²) < 4.78 is 23.2. The topological polar surface area (TPSA) is 76.1 Å². The zero-order valence-corrected chi connectivity index (χ0v) is 13.4. The zero-order valence-electron chi connectivity index (χ0n) is 10.4. The summed E-state index contributed by atoms with van der Waals surface area (Å²) in [6.07, 6.45) is 1.12.